The first-order valence-corrected chi connectivity index (χ1v) is 7.35. The first-order chi connectivity index (χ1) is 9.15. The summed E-state index contributed by atoms with van der Waals surface area (Å²) in [7, 11) is 3.72. The highest BCUT2D eigenvalue weighted by atomic mass is 32.1. The largest absolute Gasteiger partial charge is 0.382 e. The van der Waals surface area contributed by atoms with Gasteiger partial charge in [-0.05, 0) is 32.4 Å². The zero-order valence-electron chi connectivity index (χ0n) is 11.4. The summed E-state index contributed by atoms with van der Waals surface area (Å²) in [6.45, 7) is 2.56. The molecule has 0 radical (unpaired) electrons. The van der Waals surface area contributed by atoms with Crippen LogP contribution in [0.3, 0.4) is 0 Å². The second-order valence-electron chi connectivity index (χ2n) is 4.80. The van der Waals surface area contributed by atoms with Crippen molar-refractivity contribution < 1.29 is 4.79 Å². The molecule has 0 saturated carbocycles. The van der Waals surface area contributed by atoms with E-state index in [-0.39, 0.29) is 5.91 Å². The summed E-state index contributed by atoms with van der Waals surface area (Å²) in [5.74, 6) is 0.869. The van der Waals surface area contributed by atoms with Crippen molar-refractivity contribution in [1.82, 2.24) is 15.2 Å². The minimum absolute atomic E-state index is 0.0114. The monoisotopic (exact) mass is 283 g/mol. The van der Waals surface area contributed by atoms with Crippen molar-refractivity contribution in [1.29, 1.82) is 0 Å². The zero-order chi connectivity index (χ0) is 13.8. The van der Waals surface area contributed by atoms with Crippen molar-refractivity contribution in [2.24, 2.45) is 5.92 Å². The number of piperidine rings is 1. The molecule has 19 heavy (non-hydrogen) atoms. The van der Waals surface area contributed by atoms with E-state index in [4.69, 9.17) is 5.73 Å². The third-order valence-corrected chi connectivity index (χ3v) is 4.44. The number of anilines is 2. The molecule has 7 heteroatoms. The fourth-order valence-corrected chi connectivity index (χ4v) is 3.25. The molecule has 1 aromatic rings. The van der Waals surface area contributed by atoms with Crippen molar-refractivity contribution in [2.75, 3.05) is 44.8 Å². The van der Waals surface area contributed by atoms with Crippen LogP contribution in [0.5, 0.6) is 0 Å². The van der Waals surface area contributed by atoms with Crippen LogP contribution < -0.4 is 16.4 Å². The summed E-state index contributed by atoms with van der Waals surface area (Å²) in [4.78, 5) is 19.0. The lowest BCUT2D eigenvalue weighted by Crippen LogP contribution is -2.42. The Balaban J connectivity index is 2.07. The number of carbonyl (C=O) groups is 1. The molecule has 0 aliphatic carbocycles. The van der Waals surface area contributed by atoms with Gasteiger partial charge in [0.2, 0.25) is 0 Å². The maximum absolute atomic E-state index is 12.5. The van der Waals surface area contributed by atoms with Gasteiger partial charge < -0.3 is 21.3 Å². The Morgan fingerprint density at radius 2 is 2.37 bits per heavy atom. The molecular weight excluding hydrogens is 262 g/mol. The van der Waals surface area contributed by atoms with Gasteiger partial charge in [0.1, 0.15) is 10.7 Å². The van der Waals surface area contributed by atoms with Gasteiger partial charge in [0, 0.05) is 20.1 Å². The van der Waals surface area contributed by atoms with Crippen LogP contribution in [0.25, 0.3) is 0 Å². The molecule has 1 unspecified atom stereocenters. The Morgan fingerprint density at radius 3 is 3.00 bits per heavy atom. The molecular formula is C12H21N5OS. The number of nitrogen functional groups attached to an aromatic ring is 1. The van der Waals surface area contributed by atoms with Gasteiger partial charge in [-0.3, -0.25) is 4.79 Å². The van der Waals surface area contributed by atoms with E-state index < -0.39 is 0 Å². The highest BCUT2D eigenvalue weighted by Gasteiger charge is 2.27. The molecule has 1 atom stereocenters. The number of nitrogens with zero attached hydrogens (tertiary/aromatic N) is 2. The molecule has 106 valence electrons. The second-order valence-corrected chi connectivity index (χ2v) is 5.80. The van der Waals surface area contributed by atoms with Crippen LogP contribution >= 0.6 is 11.3 Å². The van der Waals surface area contributed by atoms with E-state index in [9.17, 15) is 4.79 Å². The number of carbonyl (C=O) groups excluding carboxylic acids is 1. The number of nitrogens with two attached hydrogens (primary N) is 1. The van der Waals surface area contributed by atoms with Crippen molar-refractivity contribution in [3.63, 3.8) is 0 Å². The molecule has 2 rings (SSSR count). The summed E-state index contributed by atoms with van der Waals surface area (Å²) in [6.07, 6.45) is 2.22. The molecule has 0 bridgehead atoms. The minimum atomic E-state index is 0.0114. The number of amides is 1. The van der Waals surface area contributed by atoms with Crippen molar-refractivity contribution in [2.45, 2.75) is 12.8 Å². The standard InChI is InChI=1S/C12H21N5OS/c1-14-6-8-4-3-5-17(7-8)11(18)9-10(13)16-12(15-2)19-9/h8,14H,3-7,13H2,1-2H3,(H,15,16). The average molecular weight is 283 g/mol. The summed E-state index contributed by atoms with van der Waals surface area (Å²) in [5, 5.41) is 6.79. The summed E-state index contributed by atoms with van der Waals surface area (Å²) in [5.41, 5.74) is 5.82. The normalized spacial score (nSPS) is 19.5. The van der Waals surface area contributed by atoms with Gasteiger partial charge in [-0.15, -0.1) is 0 Å². The number of aromatic nitrogens is 1. The van der Waals surface area contributed by atoms with Crippen LogP contribution in [0.4, 0.5) is 10.9 Å². The zero-order valence-corrected chi connectivity index (χ0v) is 12.2. The highest BCUT2D eigenvalue weighted by molar-refractivity contribution is 7.18. The fourth-order valence-electron chi connectivity index (χ4n) is 2.44. The Bertz CT molecular complexity index is 445. The average Bonchev–Trinajstić information content (AvgIpc) is 2.80. The maximum Gasteiger partial charge on any atom is 0.267 e. The Kier molecular flexibility index (Phi) is 4.60. The Morgan fingerprint density at radius 1 is 1.58 bits per heavy atom. The second kappa shape index (κ2) is 6.21. The van der Waals surface area contributed by atoms with Crippen molar-refractivity contribution >= 4 is 28.2 Å². The van der Waals surface area contributed by atoms with E-state index in [0.29, 0.717) is 21.7 Å². The highest BCUT2D eigenvalue weighted by Crippen LogP contribution is 2.27. The van der Waals surface area contributed by atoms with Gasteiger partial charge in [-0.2, -0.15) is 0 Å². The van der Waals surface area contributed by atoms with E-state index in [2.05, 4.69) is 15.6 Å². The Hall–Kier alpha value is -1.34. The van der Waals surface area contributed by atoms with E-state index in [1.54, 1.807) is 7.05 Å². The molecule has 0 aromatic carbocycles. The molecule has 1 fully saturated rings. The van der Waals surface area contributed by atoms with Crippen LogP contribution in [-0.4, -0.2) is 49.5 Å². The van der Waals surface area contributed by atoms with Crippen molar-refractivity contribution in [3.8, 4) is 0 Å². The first-order valence-electron chi connectivity index (χ1n) is 6.53. The van der Waals surface area contributed by atoms with Crippen LogP contribution in [0.1, 0.15) is 22.5 Å². The molecule has 1 aromatic heterocycles. The summed E-state index contributed by atoms with van der Waals surface area (Å²) in [6, 6.07) is 0. The van der Waals surface area contributed by atoms with Crippen LogP contribution in [-0.2, 0) is 0 Å². The van der Waals surface area contributed by atoms with E-state index in [0.717, 1.165) is 26.1 Å². The van der Waals surface area contributed by atoms with Gasteiger partial charge in [0.05, 0.1) is 0 Å². The van der Waals surface area contributed by atoms with Crippen LogP contribution in [0.15, 0.2) is 0 Å². The summed E-state index contributed by atoms with van der Waals surface area (Å²) < 4.78 is 0. The third-order valence-electron chi connectivity index (χ3n) is 3.36. The predicted octanol–water partition coefficient (Wildman–Crippen LogP) is 0.839. The van der Waals surface area contributed by atoms with E-state index in [1.807, 2.05) is 11.9 Å². The number of nitrogens with one attached hydrogen (secondary N) is 2. The van der Waals surface area contributed by atoms with Gasteiger partial charge in [0.25, 0.3) is 5.91 Å². The lowest BCUT2D eigenvalue weighted by Gasteiger charge is -2.32. The van der Waals surface area contributed by atoms with Gasteiger partial charge in [0.15, 0.2) is 5.13 Å². The topological polar surface area (TPSA) is 83.3 Å². The number of hydrogen-bond donors (Lipinski definition) is 3. The first kappa shape index (κ1) is 14.1. The SMILES string of the molecule is CNCC1CCCN(C(=O)c2sc(NC)nc2N)C1. The smallest absolute Gasteiger partial charge is 0.267 e. The third kappa shape index (κ3) is 3.16. The molecule has 4 N–H and O–H groups in total. The van der Waals surface area contributed by atoms with Gasteiger partial charge in [-0.25, -0.2) is 4.98 Å². The number of rotatable bonds is 4. The molecule has 0 spiro atoms. The van der Waals surface area contributed by atoms with Gasteiger partial charge in [-0.1, -0.05) is 11.3 Å². The molecule has 1 saturated heterocycles. The number of hydrogen-bond acceptors (Lipinski definition) is 6. The van der Waals surface area contributed by atoms with Crippen LogP contribution in [0, 0.1) is 5.92 Å². The summed E-state index contributed by atoms with van der Waals surface area (Å²) >= 11 is 1.32. The molecule has 2 heterocycles. The molecule has 1 amide bonds. The van der Waals surface area contributed by atoms with E-state index >= 15 is 0 Å². The minimum Gasteiger partial charge on any atom is -0.382 e. The molecule has 1 aliphatic heterocycles. The maximum atomic E-state index is 12.5. The quantitative estimate of drug-likeness (QED) is 0.762. The lowest BCUT2D eigenvalue weighted by atomic mass is 9.98. The predicted molar refractivity (Wildman–Crippen MR) is 78.6 cm³/mol. The number of likely N-dealkylation sites (tertiary alicyclic amines) is 1. The van der Waals surface area contributed by atoms with Crippen LogP contribution in [0.2, 0.25) is 0 Å². The van der Waals surface area contributed by atoms with E-state index in [1.165, 1.54) is 17.8 Å². The lowest BCUT2D eigenvalue weighted by molar-refractivity contribution is 0.0680. The number of thiazole rings is 1. The molecule has 6 nitrogen and oxygen atoms in total. The van der Waals surface area contributed by atoms with Gasteiger partial charge >= 0.3 is 0 Å². The molecule has 1 aliphatic rings. The fraction of sp³-hybridized carbons (Fsp3) is 0.667. The Labute approximate surface area is 117 Å². The van der Waals surface area contributed by atoms with Crippen molar-refractivity contribution in [3.05, 3.63) is 4.88 Å².